The molecule has 2 fully saturated rings. The lowest BCUT2D eigenvalue weighted by atomic mass is 9.99. The first-order chi connectivity index (χ1) is 8.83. The molecule has 0 N–H and O–H groups in total. The van der Waals surface area contributed by atoms with Crippen molar-refractivity contribution in [3.8, 4) is 0 Å². The Labute approximate surface area is 114 Å². The SMILES string of the molecule is C=CC[C@@H]1C[C@@H]2[C@@H](CCN2C(=O)OC(C)(C)C)C1=O. The number of hydrogen-bond donors (Lipinski definition) is 0. The van der Waals surface area contributed by atoms with Crippen molar-refractivity contribution >= 4 is 11.9 Å². The van der Waals surface area contributed by atoms with E-state index in [0.717, 1.165) is 12.8 Å². The van der Waals surface area contributed by atoms with Crippen molar-refractivity contribution in [2.45, 2.75) is 51.7 Å². The predicted octanol–water partition coefficient (Wildman–Crippen LogP) is 2.78. The van der Waals surface area contributed by atoms with E-state index in [-0.39, 0.29) is 24.0 Å². The van der Waals surface area contributed by atoms with Gasteiger partial charge in [-0.3, -0.25) is 4.79 Å². The summed E-state index contributed by atoms with van der Waals surface area (Å²) in [7, 11) is 0. The molecule has 2 rings (SSSR count). The van der Waals surface area contributed by atoms with Gasteiger partial charge in [-0.2, -0.15) is 0 Å². The summed E-state index contributed by atoms with van der Waals surface area (Å²) in [5.41, 5.74) is -0.488. The van der Waals surface area contributed by atoms with Gasteiger partial charge < -0.3 is 9.64 Å². The fraction of sp³-hybridized carbons (Fsp3) is 0.733. The molecule has 0 unspecified atom stereocenters. The molecule has 1 amide bonds. The predicted molar refractivity (Wildman–Crippen MR) is 72.8 cm³/mol. The highest BCUT2D eigenvalue weighted by atomic mass is 16.6. The van der Waals surface area contributed by atoms with Crippen molar-refractivity contribution in [2.75, 3.05) is 6.54 Å². The third kappa shape index (κ3) is 2.82. The molecule has 19 heavy (non-hydrogen) atoms. The minimum Gasteiger partial charge on any atom is -0.444 e. The Hall–Kier alpha value is -1.32. The number of ether oxygens (including phenoxy) is 1. The summed E-state index contributed by atoms with van der Waals surface area (Å²) in [5, 5.41) is 0. The van der Waals surface area contributed by atoms with E-state index in [4.69, 9.17) is 4.74 Å². The van der Waals surface area contributed by atoms with Crippen LogP contribution in [0.1, 0.15) is 40.0 Å². The lowest BCUT2D eigenvalue weighted by molar-refractivity contribution is -0.123. The van der Waals surface area contributed by atoms with Crippen LogP contribution in [0.4, 0.5) is 4.79 Å². The summed E-state index contributed by atoms with van der Waals surface area (Å²) in [6.45, 7) is 9.91. The zero-order valence-electron chi connectivity index (χ0n) is 12.0. The zero-order chi connectivity index (χ0) is 14.2. The molecule has 1 aliphatic carbocycles. The molecule has 1 saturated carbocycles. The van der Waals surface area contributed by atoms with Crippen LogP contribution in [0.15, 0.2) is 12.7 Å². The van der Waals surface area contributed by atoms with E-state index in [1.54, 1.807) is 11.0 Å². The highest BCUT2D eigenvalue weighted by Gasteiger charge is 2.50. The number of carbonyl (C=O) groups is 2. The average Bonchev–Trinajstić information content (AvgIpc) is 2.79. The summed E-state index contributed by atoms with van der Waals surface area (Å²) >= 11 is 0. The number of carbonyl (C=O) groups excluding carboxylic acids is 2. The van der Waals surface area contributed by atoms with Crippen LogP contribution >= 0.6 is 0 Å². The Morgan fingerprint density at radius 3 is 2.79 bits per heavy atom. The van der Waals surface area contributed by atoms with Gasteiger partial charge in [0.1, 0.15) is 11.4 Å². The van der Waals surface area contributed by atoms with E-state index in [9.17, 15) is 9.59 Å². The van der Waals surface area contributed by atoms with E-state index < -0.39 is 5.60 Å². The van der Waals surface area contributed by atoms with Crippen LogP contribution in [-0.2, 0) is 9.53 Å². The number of fused-ring (bicyclic) bond motifs is 1. The Bertz CT molecular complexity index is 397. The van der Waals surface area contributed by atoms with Crippen LogP contribution in [0.2, 0.25) is 0 Å². The third-order valence-corrected chi connectivity index (χ3v) is 3.92. The smallest absolute Gasteiger partial charge is 0.410 e. The van der Waals surface area contributed by atoms with E-state index in [2.05, 4.69) is 6.58 Å². The molecular weight excluding hydrogens is 242 g/mol. The van der Waals surface area contributed by atoms with Gasteiger partial charge in [0, 0.05) is 24.4 Å². The number of amides is 1. The maximum absolute atomic E-state index is 12.2. The molecule has 0 bridgehead atoms. The number of likely N-dealkylation sites (tertiary alicyclic amines) is 1. The molecule has 2 aliphatic rings. The number of hydrogen-bond acceptors (Lipinski definition) is 3. The minimum absolute atomic E-state index is 0.0115. The van der Waals surface area contributed by atoms with Crippen LogP contribution in [-0.4, -0.2) is 35.0 Å². The minimum atomic E-state index is -0.488. The van der Waals surface area contributed by atoms with Gasteiger partial charge >= 0.3 is 6.09 Å². The van der Waals surface area contributed by atoms with Crippen molar-refractivity contribution in [3.63, 3.8) is 0 Å². The second-order valence-electron chi connectivity index (χ2n) is 6.50. The molecule has 1 aliphatic heterocycles. The second kappa shape index (κ2) is 4.99. The van der Waals surface area contributed by atoms with Crippen LogP contribution in [0, 0.1) is 11.8 Å². The summed E-state index contributed by atoms with van der Waals surface area (Å²) in [5.74, 6) is 0.353. The van der Waals surface area contributed by atoms with E-state index in [0.29, 0.717) is 18.7 Å². The van der Waals surface area contributed by atoms with Crippen LogP contribution in [0.25, 0.3) is 0 Å². The number of nitrogens with zero attached hydrogens (tertiary/aromatic N) is 1. The average molecular weight is 265 g/mol. The van der Waals surface area contributed by atoms with Gasteiger partial charge in [0.25, 0.3) is 0 Å². The lowest BCUT2D eigenvalue weighted by Crippen LogP contribution is -2.40. The Kier molecular flexibility index (Phi) is 3.70. The Morgan fingerprint density at radius 2 is 2.21 bits per heavy atom. The quantitative estimate of drug-likeness (QED) is 0.721. The first-order valence-corrected chi connectivity index (χ1v) is 6.97. The van der Waals surface area contributed by atoms with Gasteiger partial charge in [-0.15, -0.1) is 6.58 Å². The molecule has 0 aromatic carbocycles. The Balaban J connectivity index is 2.05. The number of rotatable bonds is 2. The summed E-state index contributed by atoms with van der Waals surface area (Å²) in [4.78, 5) is 26.1. The molecule has 4 heteroatoms. The van der Waals surface area contributed by atoms with Gasteiger partial charge in [-0.05, 0) is 40.0 Å². The maximum Gasteiger partial charge on any atom is 0.410 e. The molecule has 0 radical (unpaired) electrons. The standard InChI is InChI=1S/C15H23NO3/c1-5-6-10-9-12-11(13(10)17)7-8-16(12)14(18)19-15(2,3)4/h5,10-12H,1,6-9H2,2-4H3/t10-,11-,12-/m1/s1. The normalized spacial score (nSPS) is 30.4. The van der Waals surface area contributed by atoms with Crippen molar-refractivity contribution in [2.24, 2.45) is 11.8 Å². The van der Waals surface area contributed by atoms with Crippen molar-refractivity contribution in [3.05, 3.63) is 12.7 Å². The monoisotopic (exact) mass is 265 g/mol. The van der Waals surface area contributed by atoms with Gasteiger partial charge in [-0.1, -0.05) is 6.08 Å². The van der Waals surface area contributed by atoms with E-state index in [1.807, 2.05) is 20.8 Å². The van der Waals surface area contributed by atoms with E-state index in [1.165, 1.54) is 0 Å². The summed E-state index contributed by atoms with van der Waals surface area (Å²) in [6.07, 6.45) is 3.76. The first kappa shape index (κ1) is 14.1. The summed E-state index contributed by atoms with van der Waals surface area (Å²) in [6, 6.07) is 0.0345. The van der Waals surface area contributed by atoms with Gasteiger partial charge in [0.15, 0.2) is 0 Å². The molecule has 0 aromatic heterocycles. The molecular formula is C15H23NO3. The first-order valence-electron chi connectivity index (χ1n) is 6.97. The molecule has 3 atom stereocenters. The van der Waals surface area contributed by atoms with Gasteiger partial charge in [-0.25, -0.2) is 4.79 Å². The molecule has 0 aromatic rings. The van der Waals surface area contributed by atoms with Gasteiger partial charge in [0.2, 0.25) is 0 Å². The number of ketones is 1. The van der Waals surface area contributed by atoms with Crippen molar-refractivity contribution in [1.29, 1.82) is 0 Å². The topological polar surface area (TPSA) is 46.6 Å². The van der Waals surface area contributed by atoms with E-state index >= 15 is 0 Å². The lowest BCUT2D eigenvalue weighted by Gasteiger charge is -2.28. The fourth-order valence-corrected chi connectivity index (χ4v) is 3.15. The zero-order valence-corrected chi connectivity index (χ0v) is 12.0. The highest BCUT2D eigenvalue weighted by molar-refractivity contribution is 5.88. The maximum atomic E-state index is 12.2. The molecule has 106 valence electrons. The number of allylic oxidation sites excluding steroid dienone is 1. The van der Waals surface area contributed by atoms with Crippen LogP contribution in [0.3, 0.4) is 0 Å². The molecule has 4 nitrogen and oxygen atoms in total. The third-order valence-electron chi connectivity index (χ3n) is 3.92. The second-order valence-corrected chi connectivity index (χ2v) is 6.50. The van der Waals surface area contributed by atoms with Crippen molar-refractivity contribution in [1.82, 2.24) is 4.90 Å². The Morgan fingerprint density at radius 1 is 1.53 bits per heavy atom. The molecule has 1 saturated heterocycles. The summed E-state index contributed by atoms with van der Waals surface area (Å²) < 4.78 is 5.42. The largest absolute Gasteiger partial charge is 0.444 e. The fourth-order valence-electron chi connectivity index (χ4n) is 3.15. The molecule has 0 spiro atoms. The van der Waals surface area contributed by atoms with Crippen LogP contribution in [0.5, 0.6) is 0 Å². The highest BCUT2D eigenvalue weighted by Crippen LogP contribution is 2.40. The molecule has 1 heterocycles. The number of Topliss-reactive ketones (excluding diaryl/α,β-unsaturated/α-hetero) is 1. The van der Waals surface area contributed by atoms with Crippen LogP contribution < -0.4 is 0 Å². The van der Waals surface area contributed by atoms with Crippen molar-refractivity contribution < 1.29 is 14.3 Å². The van der Waals surface area contributed by atoms with Gasteiger partial charge in [0.05, 0.1) is 0 Å².